The largest absolute Gasteiger partial charge is 0.420 e. The summed E-state index contributed by atoms with van der Waals surface area (Å²) in [6.45, 7) is 0. The number of aromatic amines is 1. The molecule has 8 heteroatoms. The van der Waals surface area contributed by atoms with E-state index in [9.17, 15) is 0 Å². The molecule has 0 bridgehead atoms. The van der Waals surface area contributed by atoms with Gasteiger partial charge in [-0.1, -0.05) is 23.9 Å². The Kier molecular flexibility index (Phi) is 3.60. The Morgan fingerprint density at radius 1 is 1.26 bits per heavy atom. The van der Waals surface area contributed by atoms with E-state index in [0.717, 1.165) is 15.2 Å². The van der Waals surface area contributed by atoms with E-state index in [1.165, 1.54) is 18.1 Å². The molecule has 0 fully saturated rings. The van der Waals surface area contributed by atoms with E-state index < -0.39 is 0 Å². The van der Waals surface area contributed by atoms with Crippen LogP contribution in [0.1, 0.15) is 5.89 Å². The fraction of sp³-hybridized carbons (Fsp3) is 0.0909. The first kappa shape index (κ1) is 12.4. The van der Waals surface area contributed by atoms with E-state index in [-0.39, 0.29) is 0 Å². The number of hydrogen-bond donors (Lipinski definition) is 1. The molecule has 0 saturated heterocycles. The molecular formula is C11H8BrN5OS. The molecule has 2 aromatic heterocycles. The first-order chi connectivity index (χ1) is 9.33. The van der Waals surface area contributed by atoms with Gasteiger partial charge in [0.1, 0.15) is 6.33 Å². The van der Waals surface area contributed by atoms with Crippen LogP contribution in [0.5, 0.6) is 0 Å². The van der Waals surface area contributed by atoms with E-state index in [0.29, 0.717) is 17.5 Å². The zero-order valence-electron chi connectivity index (χ0n) is 9.58. The number of hydrogen-bond acceptors (Lipinski definition) is 6. The Morgan fingerprint density at radius 3 is 2.95 bits per heavy atom. The van der Waals surface area contributed by atoms with Gasteiger partial charge in [0.15, 0.2) is 5.16 Å². The molecule has 19 heavy (non-hydrogen) atoms. The predicted octanol–water partition coefficient (Wildman–Crippen LogP) is 2.91. The van der Waals surface area contributed by atoms with Crippen LogP contribution in [-0.4, -0.2) is 25.4 Å². The fourth-order valence-corrected chi connectivity index (χ4v) is 2.52. The standard InChI is InChI=1S/C11H8BrN5OS/c12-8-4-2-1-3-7(8)10-16-15-9(18-10)5-19-11-13-6-14-17-11/h1-4,6H,5H2,(H,13,14,17). The Hall–Kier alpha value is -1.67. The van der Waals surface area contributed by atoms with E-state index in [2.05, 4.69) is 41.3 Å². The molecule has 0 aliphatic heterocycles. The highest BCUT2D eigenvalue weighted by molar-refractivity contribution is 9.10. The summed E-state index contributed by atoms with van der Waals surface area (Å²) in [7, 11) is 0. The molecule has 1 aromatic carbocycles. The van der Waals surface area contributed by atoms with Crippen molar-refractivity contribution in [3.8, 4) is 11.5 Å². The van der Waals surface area contributed by atoms with E-state index in [1.54, 1.807) is 0 Å². The molecule has 0 aliphatic rings. The third kappa shape index (κ3) is 2.85. The van der Waals surface area contributed by atoms with E-state index in [4.69, 9.17) is 4.42 Å². The second-order valence-corrected chi connectivity index (χ2v) is 5.38. The Balaban J connectivity index is 1.75. The minimum Gasteiger partial charge on any atom is -0.420 e. The van der Waals surface area contributed by atoms with Crippen molar-refractivity contribution in [1.29, 1.82) is 0 Å². The zero-order chi connectivity index (χ0) is 13.1. The number of thioether (sulfide) groups is 1. The molecule has 0 spiro atoms. The number of halogens is 1. The molecule has 0 unspecified atom stereocenters. The molecule has 3 aromatic rings. The number of benzene rings is 1. The third-order valence-corrected chi connectivity index (χ3v) is 3.85. The van der Waals surface area contributed by atoms with Crippen molar-refractivity contribution < 1.29 is 4.42 Å². The summed E-state index contributed by atoms with van der Waals surface area (Å²) in [5, 5.41) is 15.3. The SMILES string of the molecule is Brc1ccccc1-c1nnc(CSc2ncn[nH]2)o1. The quantitative estimate of drug-likeness (QED) is 0.737. The van der Waals surface area contributed by atoms with Crippen molar-refractivity contribution >= 4 is 27.7 Å². The van der Waals surface area contributed by atoms with Gasteiger partial charge in [-0.15, -0.1) is 10.2 Å². The average molecular weight is 338 g/mol. The van der Waals surface area contributed by atoms with Crippen molar-refractivity contribution in [2.24, 2.45) is 0 Å². The van der Waals surface area contributed by atoms with Gasteiger partial charge in [-0.05, 0) is 28.1 Å². The van der Waals surface area contributed by atoms with E-state index in [1.807, 2.05) is 24.3 Å². The monoisotopic (exact) mass is 337 g/mol. The van der Waals surface area contributed by atoms with Gasteiger partial charge in [0.05, 0.1) is 11.3 Å². The summed E-state index contributed by atoms with van der Waals surface area (Å²) >= 11 is 4.91. The smallest absolute Gasteiger partial charge is 0.248 e. The summed E-state index contributed by atoms with van der Waals surface area (Å²) < 4.78 is 6.54. The highest BCUT2D eigenvalue weighted by atomic mass is 79.9. The number of nitrogens with zero attached hydrogens (tertiary/aromatic N) is 4. The molecule has 1 N–H and O–H groups in total. The minimum absolute atomic E-state index is 0.501. The summed E-state index contributed by atoms with van der Waals surface area (Å²) in [6.07, 6.45) is 1.46. The van der Waals surface area contributed by atoms with Crippen LogP contribution in [0.3, 0.4) is 0 Å². The molecule has 6 nitrogen and oxygen atoms in total. The van der Waals surface area contributed by atoms with Crippen LogP contribution in [0.25, 0.3) is 11.5 Å². The van der Waals surface area contributed by atoms with Crippen LogP contribution in [-0.2, 0) is 5.75 Å². The van der Waals surface area contributed by atoms with Crippen LogP contribution in [0, 0.1) is 0 Å². The van der Waals surface area contributed by atoms with Gasteiger partial charge in [0.25, 0.3) is 0 Å². The summed E-state index contributed by atoms with van der Waals surface area (Å²) in [5.41, 5.74) is 0.880. The van der Waals surface area contributed by atoms with Crippen molar-refractivity contribution in [1.82, 2.24) is 25.4 Å². The average Bonchev–Trinajstić information content (AvgIpc) is 3.08. The molecule has 3 rings (SSSR count). The highest BCUT2D eigenvalue weighted by Gasteiger charge is 2.11. The van der Waals surface area contributed by atoms with Crippen LogP contribution in [0.2, 0.25) is 0 Å². The Labute approximate surface area is 121 Å². The Morgan fingerprint density at radius 2 is 2.16 bits per heavy atom. The van der Waals surface area contributed by atoms with Crippen LogP contribution in [0.4, 0.5) is 0 Å². The molecule has 0 radical (unpaired) electrons. The number of nitrogens with one attached hydrogen (secondary N) is 1. The summed E-state index contributed by atoms with van der Waals surface area (Å²) in [5.74, 6) is 1.60. The maximum Gasteiger partial charge on any atom is 0.248 e. The fourth-order valence-electron chi connectivity index (χ4n) is 1.45. The van der Waals surface area contributed by atoms with Crippen molar-refractivity contribution in [3.05, 3.63) is 41.0 Å². The normalized spacial score (nSPS) is 10.8. The predicted molar refractivity (Wildman–Crippen MR) is 73.4 cm³/mol. The number of H-pyrrole nitrogens is 1. The highest BCUT2D eigenvalue weighted by Crippen LogP contribution is 2.27. The van der Waals surface area contributed by atoms with Gasteiger partial charge in [-0.25, -0.2) is 4.98 Å². The molecular weight excluding hydrogens is 330 g/mol. The van der Waals surface area contributed by atoms with Crippen molar-refractivity contribution in [2.45, 2.75) is 10.9 Å². The summed E-state index contributed by atoms with van der Waals surface area (Å²) in [4.78, 5) is 4.01. The number of rotatable bonds is 4. The topological polar surface area (TPSA) is 80.5 Å². The van der Waals surface area contributed by atoms with Gasteiger partial charge >= 0.3 is 0 Å². The molecule has 0 aliphatic carbocycles. The van der Waals surface area contributed by atoms with Crippen LogP contribution >= 0.6 is 27.7 Å². The second-order valence-electron chi connectivity index (χ2n) is 3.56. The van der Waals surface area contributed by atoms with Crippen molar-refractivity contribution in [2.75, 3.05) is 0 Å². The molecule has 0 atom stereocenters. The zero-order valence-corrected chi connectivity index (χ0v) is 12.0. The van der Waals surface area contributed by atoms with Crippen LogP contribution in [0.15, 0.2) is 44.6 Å². The Bertz CT molecular complexity index is 669. The molecule has 0 amide bonds. The molecule has 2 heterocycles. The van der Waals surface area contributed by atoms with Crippen LogP contribution < -0.4 is 0 Å². The first-order valence-electron chi connectivity index (χ1n) is 5.38. The lowest BCUT2D eigenvalue weighted by atomic mass is 10.2. The lowest BCUT2D eigenvalue weighted by molar-refractivity contribution is 0.528. The van der Waals surface area contributed by atoms with Gasteiger partial charge in [0.2, 0.25) is 11.8 Å². The van der Waals surface area contributed by atoms with Gasteiger partial charge < -0.3 is 4.42 Å². The number of aromatic nitrogens is 5. The lowest BCUT2D eigenvalue weighted by Crippen LogP contribution is -1.81. The van der Waals surface area contributed by atoms with Crippen molar-refractivity contribution in [3.63, 3.8) is 0 Å². The third-order valence-electron chi connectivity index (χ3n) is 2.30. The minimum atomic E-state index is 0.501. The molecule has 0 saturated carbocycles. The van der Waals surface area contributed by atoms with Gasteiger partial charge in [0, 0.05) is 4.47 Å². The maximum absolute atomic E-state index is 5.61. The maximum atomic E-state index is 5.61. The molecule has 96 valence electrons. The first-order valence-corrected chi connectivity index (χ1v) is 7.16. The summed E-state index contributed by atoms with van der Waals surface area (Å²) in [6, 6.07) is 7.71. The van der Waals surface area contributed by atoms with E-state index >= 15 is 0 Å². The van der Waals surface area contributed by atoms with Gasteiger partial charge in [-0.2, -0.15) is 5.10 Å². The van der Waals surface area contributed by atoms with Gasteiger partial charge in [-0.3, -0.25) is 5.10 Å². The lowest BCUT2D eigenvalue weighted by Gasteiger charge is -1.97. The second kappa shape index (κ2) is 5.54.